The second kappa shape index (κ2) is 6.95. The van der Waals surface area contributed by atoms with Gasteiger partial charge in [0.25, 0.3) is 0 Å². The molecule has 5 heteroatoms. The molecule has 0 fully saturated rings. The van der Waals surface area contributed by atoms with Gasteiger partial charge in [-0.25, -0.2) is 4.39 Å². The van der Waals surface area contributed by atoms with Crippen molar-refractivity contribution in [1.29, 1.82) is 0 Å². The van der Waals surface area contributed by atoms with Crippen LogP contribution in [-0.4, -0.2) is 17.2 Å². The molecule has 0 bridgehead atoms. The molecule has 1 aliphatic heterocycles. The van der Waals surface area contributed by atoms with Gasteiger partial charge in [-0.15, -0.1) is 5.10 Å². The van der Waals surface area contributed by atoms with Crippen molar-refractivity contribution in [2.75, 3.05) is 6.54 Å². The van der Waals surface area contributed by atoms with E-state index in [-0.39, 0.29) is 11.2 Å². The third-order valence-electron chi connectivity index (χ3n) is 5.29. The highest BCUT2D eigenvalue weighted by atomic mass is 19.1. The molecule has 0 saturated carbocycles. The van der Waals surface area contributed by atoms with E-state index in [1.807, 2.05) is 6.07 Å². The molecule has 2 aliphatic rings. The minimum Gasteiger partial charge on any atom is -0.256 e. The first-order chi connectivity index (χ1) is 12.9. The lowest BCUT2D eigenvalue weighted by Crippen LogP contribution is -2.23. The predicted molar refractivity (Wildman–Crippen MR) is 106 cm³/mol. The van der Waals surface area contributed by atoms with Crippen LogP contribution in [0.15, 0.2) is 39.7 Å². The van der Waals surface area contributed by atoms with E-state index < -0.39 is 0 Å². The third-order valence-corrected chi connectivity index (χ3v) is 5.29. The van der Waals surface area contributed by atoms with Gasteiger partial charge in [-0.05, 0) is 59.7 Å². The Morgan fingerprint density at radius 3 is 2.52 bits per heavy atom. The van der Waals surface area contributed by atoms with Crippen LogP contribution in [0.3, 0.4) is 0 Å². The van der Waals surface area contributed by atoms with E-state index >= 15 is 0 Å². The van der Waals surface area contributed by atoms with Gasteiger partial charge in [-0.1, -0.05) is 39.3 Å². The molecule has 27 heavy (non-hydrogen) atoms. The van der Waals surface area contributed by atoms with Crippen LogP contribution in [0.25, 0.3) is 11.1 Å². The topological polar surface area (TPSA) is 50.0 Å². The van der Waals surface area contributed by atoms with E-state index in [9.17, 15) is 4.39 Å². The molecule has 1 aliphatic carbocycles. The average molecular weight is 364 g/mol. The SMILES string of the molecule is CC(C)(C)c1nc2c(c(-c3cccc(F)c3)c1C1=NN=NC1)CCCCC2. The summed E-state index contributed by atoms with van der Waals surface area (Å²) in [5, 5.41) is 12.2. The lowest BCUT2D eigenvalue weighted by atomic mass is 9.80. The maximum Gasteiger partial charge on any atom is 0.123 e. The largest absolute Gasteiger partial charge is 0.256 e. The maximum absolute atomic E-state index is 14.1. The molecule has 140 valence electrons. The highest BCUT2D eigenvalue weighted by molar-refractivity contribution is 6.09. The van der Waals surface area contributed by atoms with Gasteiger partial charge >= 0.3 is 0 Å². The van der Waals surface area contributed by atoms with Crippen molar-refractivity contribution in [3.8, 4) is 11.1 Å². The Balaban J connectivity index is 2.09. The van der Waals surface area contributed by atoms with E-state index in [4.69, 9.17) is 4.98 Å². The first kappa shape index (κ1) is 18.0. The number of benzene rings is 1. The highest BCUT2D eigenvalue weighted by Crippen LogP contribution is 2.39. The van der Waals surface area contributed by atoms with Crippen LogP contribution < -0.4 is 0 Å². The van der Waals surface area contributed by atoms with E-state index in [0.29, 0.717) is 6.54 Å². The molecule has 0 atom stereocenters. The summed E-state index contributed by atoms with van der Waals surface area (Å²) < 4.78 is 14.1. The summed E-state index contributed by atoms with van der Waals surface area (Å²) in [6.45, 7) is 6.95. The van der Waals surface area contributed by atoms with E-state index in [1.165, 1.54) is 18.1 Å². The standard InChI is InChI=1S/C22H25FN4/c1-22(2,3)21-20(18-13-24-27-26-18)19(14-8-7-9-15(23)12-14)16-10-5-4-6-11-17(16)25-21/h7-9,12H,4-6,10-11,13H2,1-3H3. The molecule has 0 saturated heterocycles. The monoisotopic (exact) mass is 364 g/mol. The number of pyridine rings is 1. The Morgan fingerprint density at radius 2 is 1.81 bits per heavy atom. The second-order valence-electron chi connectivity index (χ2n) is 8.39. The smallest absolute Gasteiger partial charge is 0.123 e. The van der Waals surface area contributed by atoms with Crippen LogP contribution in [-0.2, 0) is 18.3 Å². The molecule has 1 aromatic carbocycles. The zero-order chi connectivity index (χ0) is 19.0. The fourth-order valence-electron chi connectivity index (χ4n) is 4.05. The van der Waals surface area contributed by atoms with E-state index in [0.717, 1.165) is 59.5 Å². The van der Waals surface area contributed by atoms with Crippen molar-refractivity contribution >= 4 is 5.71 Å². The molecule has 2 aromatic rings. The van der Waals surface area contributed by atoms with Gasteiger partial charge in [-0.3, -0.25) is 4.98 Å². The Morgan fingerprint density at radius 1 is 1.00 bits per heavy atom. The third kappa shape index (κ3) is 3.43. The van der Waals surface area contributed by atoms with Crippen LogP contribution in [0.1, 0.15) is 62.5 Å². The van der Waals surface area contributed by atoms with Crippen molar-refractivity contribution in [2.45, 2.75) is 58.3 Å². The number of aryl methyl sites for hydroxylation is 1. The predicted octanol–water partition coefficient (Wildman–Crippen LogP) is 5.62. The number of rotatable bonds is 2. The van der Waals surface area contributed by atoms with Crippen molar-refractivity contribution in [2.24, 2.45) is 15.4 Å². The Labute approximate surface area is 159 Å². The molecule has 1 aromatic heterocycles. The number of nitrogens with zero attached hydrogens (tertiary/aromatic N) is 4. The fourth-order valence-corrected chi connectivity index (χ4v) is 4.05. The van der Waals surface area contributed by atoms with Gasteiger partial charge in [0.05, 0.1) is 11.4 Å². The first-order valence-corrected chi connectivity index (χ1v) is 9.71. The van der Waals surface area contributed by atoms with Crippen molar-refractivity contribution in [3.63, 3.8) is 0 Å². The number of hydrogen-bond donors (Lipinski definition) is 0. The van der Waals surface area contributed by atoms with Gasteiger partial charge in [0, 0.05) is 16.7 Å². The summed E-state index contributed by atoms with van der Waals surface area (Å²) in [5.41, 5.74) is 7.06. The molecular formula is C22H25FN4. The van der Waals surface area contributed by atoms with Gasteiger partial charge in [0.15, 0.2) is 0 Å². The zero-order valence-electron chi connectivity index (χ0n) is 16.2. The number of halogens is 1. The zero-order valence-corrected chi connectivity index (χ0v) is 16.2. The number of aromatic nitrogens is 1. The Bertz CT molecular complexity index is 938. The lowest BCUT2D eigenvalue weighted by Gasteiger charge is -2.27. The quantitative estimate of drug-likeness (QED) is 0.638. The summed E-state index contributed by atoms with van der Waals surface area (Å²) in [6.07, 6.45) is 5.42. The van der Waals surface area contributed by atoms with E-state index in [1.54, 1.807) is 12.1 Å². The van der Waals surface area contributed by atoms with Crippen molar-refractivity contribution < 1.29 is 4.39 Å². The van der Waals surface area contributed by atoms with Gasteiger partial charge in [0.1, 0.15) is 12.4 Å². The van der Waals surface area contributed by atoms with Crippen molar-refractivity contribution in [3.05, 3.63) is 52.6 Å². The summed E-state index contributed by atoms with van der Waals surface area (Å²) in [4.78, 5) is 5.14. The number of hydrogen-bond acceptors (Lipinski definition) is 4. The summed E-state index contributed by atoms with van der Waals surface area (Å²) >= 11 is 0. The molecule has 0 radical (unpaired) electrons. The molecule has 4 rings (SSSR count). The minimum atomic E-state index is -0.224. The molecular weight excluding hydrogens is 339 g/mol. The molecule has 0 unspecified atom stereocenters. The molecule has 0 spiro atoms. The molecule has 4 nitrogen and oxygen atoms in total. The van der Waals surface area contributed by atoms with Gasteiger partial charge < -0.3 is 0 Å². The molecule has 2 heterocycles. The van der Waals surface area contributed by atoms with Crippen LogP contribution in [0.5, 0.6) is 0 Å². The normalized spacial score (nSPS) is 16.8. The van der Waals surface area contributed by atoms with Crippen molar-refractivity contribution in [1.82, 2.24) is 4.98 Å². The summed E-state index contributed by atoms with van der Waals surface area (Å²) in [7, 11) is 0. The fraction of sp³-hybridized carbons (Fsp3) is 0.455. The minimum absolute atomic E-state index is 0.163. The highest BCUT2D eigenvalue weighted by Gasteiger charge is 2.31. The molecule has 0 N–H and O–H groups in total. The van der Waals surface area contributed by atoms with Gasteiger partial charge in [0.2, 0.25) is 0 Å². The summed E-state index contributed by atoms with van der Waals surface area (Å²) in [6, 6.07) is 6.88. The van der Waals surface area contributed by atoms with Crippen LogP contribution in [0, 0.1) is 5.82 Å². The number of fused-ring (bicyclic) bond motifs is 1. The maximum atomic E-state index is 14.1. The van der Waals surface area contributed by atoms with Gasteiger partial charge in [-0.2, -0.15) is 5.11 Å². The summed E-state index contributed by atoms with van der Waals surface area (Å²) in [5.74, 6) is -0.224. The first-order valence-electron chi connectivity index (χ1n) is 9.71. The van der Waals surface area contributed by atoms with Crippen LogP contribution in [0.2, 0.25) is 0 Å². The Kier molecular flexibility index (Phi) is 4.62. The average Bonchev–Trinajstić information content (AvgIpc) is 3.04. The molecule has 0 amide bonds. The lowest BCUT2D eigenvalue weighted by molar-refractivity contribution is 0.563. The van der Waals surface area contributed by atoms with E-state index in [2.05, 4.69) is 36.2 Å². The van der Waals surface area contributed by atoms with Crippen LogP contribution in [0.4, 0.5) is 4.39 Å². The Hall–Kier alpha value is -2.43. The second-order valence-corrected chi connectivity index (χ2v) is 8.39. The van der Waals surface area contributed by atoms with Crippen LogP contribution >= 0.6 is 0 Å².